The van der Waals surface area contributed by atoms with Gasteiger partial charge in [0.15, 0.2) is 11.6 Å². The van der Waals surface area contributed by atoms with E-state index in [9.17, 15) is 8.78 Å². The van der Waals surface area contributed by atoms with Crippen LogP contribution in [0.1, 0.15) is 12.7 Å². The monoisotopic (exact) mass is 269 g/mol. The van der Waals surface area contributed by atoms with Gasteiger partial charge in [0.1, 0.15) is 5.69 Å². The number of ether oxygens (including phenoxy) is 1. The smallest absolute Gasteiger partial charge is 0.387 e. The molecule has 102 valence electrons. The molecule has 0 aliphatic rings. The first-order chi connectivity index (χ1) is 9.22. The first-order valence-corrected chi connectivity index (χ1v) is 5.74. The van der Waals surface area contributed by atoms with Gasteiger partial charge in [-0.25, -0.2) is 0 Å². The Morgan fingerprint density at radius 3 is 2.89 bits per heavy atom. The van der Waals surface area contributed by atoms with Gasteiger partial charge in [-0.2, -0.15) is 13.5 Å². The Hall–Kier alpha value is -2.09. The highest BCUT2D eigenvalue weighted by atomic mass is 19.3. The van der Waals surface area contributed by atoms with Crippen molar-refractivity contribution in [1.82, 2.24) is 25.5 Å². The molecule has 1 N–H and O–H groups in total. The molecule has 0 atom stereocenters. The number of rotatable bonds is 6. The van der Waals surface area contributed by atoms with Crippen LogP contribution < -0.4 is 10.1 Å². The van der Waals surface area contributed by atoms with E-state index in [4.69, 9.17) is 0 Å². The maximum absolute atomic E-state index is 12.3. The molecule has 0 unspecified atom stereocenters. The molecule has 0 aliphatic carbocycles. The van der Waals surface area contributed by atoms with Crippen LogP contribution in [-0.2, 0) is 6.54 Å². The predicted molar refractivity (Wildman–Crippen MR) is 63.2 cm³/mol. The van der Waals surface area contributed by atoms with Gasteiger partial charge in [-0.3, -0.25) is 0 Å². The molecule has 0 fully saturated rings. The van der Waals surface area contributed by atoms with Crippen LogP contribution in [0.3, 0.4) is 0 Å². The van der Waals surface area contributed by atoms with Crippen molar-refractivity contribution < 1.29 is 13.5 Å². The summed E-state index contributed by atoms with van der Waals surface area (Å²) in [6, 6.07) is 6.37. The van der Waals surface area contributed by atoms with Crippen LogP contribution in [0.4, 0.5) is 8.78 Å². The van der Waals surface area contributed by atoms with Crippen LogP contribution in [0, 0.1) is 0 Å². The van der Waals surface area contributed by atoms with Crippen molar-refractivity contribution in [2.45, 2.75) is 20.1 Å². The van der Waals surface area contributed by atoms with Gasteiger partial charge in [-0.15, -0.1) is 5.10 Å². The lowest BCUT2D eigenvalue weighted by molar-refractivity contribution is -0.0499. The molecule has 6 nitrogen and oxygen atoms in total. The second kappa shape index (κ2) is 6.19. The minimum atomic E-state index is -2.89. The molecule has 8 heteroatoms. The molecule has 0 saturated heterocycles. The van der Waals surface area contributed by atoms with Crippen molar-refractivity contribution in [3.05, 3.63) is 30.1 Å². The van der Waals surface area contributed by atoms with Crippen LogP contribution in [0.5, 0.6) is 5.75 Å². The lowest BCUT2D eigenvalue weighted by Gasteiger charge is -2.11. The fourth-order valence-electron chi connectivity index (χ4n) is 1.57. The average molecular weight is 269 g/mol. The van der Waals surface area contributed by atoms with Gasteiger partial charge in [-0.05, 0) is 29.1 Å². The Morgan fingerprint density at radius 2 is 2.16 bits per heavy atom. The highest BCUT2D eigenvalue weighted by molar-refractivity contribution is 5.46. The van der Waals surface area contributed by atoms with E-state index in [1.807, 2.05) is 6.92 Å². The standard InChI is InChI=1S/C11H13F2N5O/c1-2-14-7-10-15-16-17-18(10)8-5-3-4-6-9(8)19-11(12)13/h3-6,11,14H,2,7H2,1H3. The molecular formula is C11H13F2N5O. The third-order valence-electron chi connectivity index (χ3n) is 2.38. The summed E-state index contributed by atoms with van der Waals surface area (Å²) in [5.74, 6) is 0.551. The largest absolute Gasteiger partial charge is 0.433 e. The van der Waals surface area contributed by atoms with Gasteiger partial charge in [0.2, 0.25) is 0 Å². The Kier molecular flexibility index (Phi) is 4.35. The Labute approximate surface area is 108 Å². The summed E-state index contributed by atoms with van der Waals surface area (Å²) in [5.41, 5.74) is 0.376. The fourth-order valence-corrected chi connectivity index (χ4v) is 1.57. The second-order valence-corrected chi connectivity index (χ2v) is 3.63. The van der Waals surface area contributed by atoms with Crippen LogP contribution in [0.15, 0.2) is 24.3 Å². The molecule has 1 aromatic heterocycles. The summed E-state index contributed by atoms with van der Waals surface area (Å²) in [5, 5.41) is 14.3. The minimum absolute atomic E-state index is 0.0301. The lowest BCUT2D eigenvalue weighted by atomic mass is 10.3. The molecular weight excluding hydrogens is 256 g/mol. The van der Waals surface area contributed by atoms with E-state index in [0.29, 0.717) is 18.1 Å². The fraction of sp³-hybridized carbons (Fsp3) is 0.364. The highest BCUT2D eigenvalue weighted by Crippen LogP contribution is 2.24. The number of benzene rings is 1. The number of hydrogen-bond acceptors (Lipinski definition) is 5. The van der Waals surface area contributed by atoms with Crippen molar-refractivity contribution in [1.29, 1.82) is 0 Å². The van der Waals surface area contributed by atoms with E-state index in [0.717, 1.165) is 6.54 Å². The van der Waals surface area contributed by atoms with Gasteiger partial charge in [0.05, 0.1) is 6.54 Å². The molecule has 2 aromatic rings. The van der Waals surface area contributed by atoms with Crippen molar-refractivity contribution in [2.24, 2.45) is 0 Å². The average Bonchev–Trinajstić information content (AvgIpc) is 2.84. The van der Waals surface area contributed by atoms with Gasteiger partial charge in [0.25, 0.3) is 0 Å². The molecule has 2 rings (SSSR count). The lowest BCUT2D eigenvalue weighted by Crippen LogP contribution is -2.17. The molecule has 0 aliphatic heterocycles. The number of tetrazole rings is 1. The number of nitrogens with zero attached hydrogens (tertiary/aromatic N) is 4. The maximum atomic E-state index is 12.3. The summed E-state index contributed by atoms with van der Waals surface area (Å²) in [4.78, 5) is 0. The van der Waals surface area contributed by atoms with Gasteiger partial charge < -0.3 is 10.1 Å². The van der Waals surface area contributed by atoms with Crippen LogP contribution >= 0.6 is 0 Å². The van der Waals surface area contributed by atoms with E-state index in [2.05, 4.69) is 25.6 Å². The van der Waals surface area contributed by atoms with E-state index in [1.54, 1.807) is 18.2 Å². The summed E-state index contributed by atoms with van der Waals surface area (Å²) in [7, 11) is 0. The van der Waals surface area contributed by atoms with E-state index in [-0.39, 0.29) is 5.75 Å². The van der Waals surface area contributed by atoms with Crippen LogP contribution in [-0.4, -0.2) is 33.4 Å². The zero-order valence-corrected chi connectivity index (χ0v) is 10.3. The van der Waals surface area contributed by atoms with Crippen LogP contribution in [0.2, 0.25) is 0 Å². The molecule has 0 saturated carbocycles. The van der Waals surface area contributed by atoms with Crippen molar-refractivity contribution >= 4 is 0 Å². The second-order valence-electron chi connectivity index (χ2n) is 3.63. The first-order valence-electron chi connectivity index (χ1n) is 5.74. The normalized spacial score (nSPS) is 10.9. The number of aromatic nitrogens is 4. The number of nitrogens with one attached hydrogen (secondary N) is 1. The molecule has 0 radical (unpaired) electrons. The summed E-state index contributed by atoms with van der Waals surface area (Å²) in [6.45, 7) is 0.242. The topological polar surface area (TPSA) is 64.9 Å². The molecule has 1 heterocycles. The summed E-state index contributed by atoms with van der Waals surface area (Å²) in [6.07, 6.45) is 0. The van der Waals surface area contributed by atoms with Crippen molar-refractivity contribution in [2.75, 3.05) is 6.54 Å². The zero-order valence-electron chi connectivity index (χ0n) is 10.3. The Balaban J connectivity index is 2.33. The predicted octanol–water partition coefficient (Wildman–Crippen LogP) is 1.37. The van der Waals surface area contributed by atoms with E-state index in [1.165, 1.54) is 10.7 Å². The highest BCUT2D eigenvalue weighted by Gasteiger charge is 2.14. The molecule has 0 bridgehead atoms. The minimum Gasteiger partial charge on any atom is -0.433 e. The Bertz CT molecular complexity index is 531. The van der Waals surface area contributed by atoms with Crippen molar-refractivity contribution in [3.63, 3.8) is 0 Å². The number of hydrogen-bond donors (Lipinski definition) is 1. The number of para-hydroxylation sites is 2. The number of alkyl halides is 2. The summed E-state index contributed by atoms with van der Waals surface area (Å²) >= 11 is 0. The van der Waals surface area contributed by atoms with Gasteiger partial charge in [-0.1, -0.05) is 19.1 Å². The van der Waals surface area contributed by atoms with Crippen LogP contribution in [0.25, 0.3) is 5.69 Å². The van der Waals surface area contributed by atoms with E-state index >= 15 is 0 Å². The number of halogens is 2. The molecule has 0 amide bonds. The maximum Gasteiger partial charge on any atom is 0.387 e. The van der Waals surface area contributed by atoms with Gasteiger partial charge in [0, 0.05) is 0 Å². The molecule has 1 aromatic carbocycles. The Morgan fingerprint density at radius 1 is 1.37 bits per heavy atom. The van der Waals surface area contributed by atoms with Gasteiger partial charge >= 0.3 is 6.61 Å². The summed E-state index contributed by atoms with van der Waals surface area (Å²) < 4.78 is 30.5. The quantitative estimate of drug-likeness (QED) is 0.858. The van der Waals surface area contributed by atoms with E-state index < -0.39 is 6.61 Å². The molecule has 0 spiro atoms. The third-order valence-corrected chi connectivity index (χ3v) is 2.38. The SMILES string of the molecule is CCNCc1nnnn1-c1ccccc1OC(F)F. The zero-order chi connectivity index (χ0) is 13.7. The molecule has 19 heavy (non-hydrogen) atoms. The first kappa shape index (κ1) is 13.3. The third kappa shape index (κ3) is 3.22. The van der Waals surface area contributed by atoms with Crippen molar-refractivity contribution in [3.8, 4) is 11.4 Å².